The molecule has 1 unspecified atom stereocenters. The van der Waals surface area contributed by atoms with Crippen molar-refractivity contribution in [2.75, 3.05) is 13.2 Å². The van der Waals surface area contributed by atoms with Gasteiger partial charge in [-0.2, -0.15) is 0 Å². The van der Waals surface area contributed by atoms with E-state index in [-0.39, 0.29) is 31.1 Å². The lowest BCUT2D eigenvalue weighted by Crippen LogP contribution is -2.30. The highest BCUT2D eigenvalue weighted by atomic mass is 16.6. The molecule has 0 aromatic heterocycles. The molecule has 0 aliphatic carbocycles. The van der Waals surface area contributed by atoms with Gasteiger partial charge in [-0.15, -0.1) is 0 Å². The molecule has 0 aromatic carbocycles. The lowest BCUT2D eigenvalue weighted by atomic mass is 10.0. The third-order valence-electron chi connectivity index (χ3n) is 13.7. The molecule has 0 bridgehead atoms. The van der Waals surface area contributed by atoms with Crippen LogP contribution in [0.2, 0.25) is 0 Å². The van der Waals surface area contributed by atoms with Gasteiger partial charge in [-0.05, 0) is 83.5 Å². The maximum Gasteiger partial charge on any atom is 0.306 e. The zero-order valence-corrected chi connectivity index (χ0v) is 47.9. The Hall–Kier alpha value is -2.89. The number of hydrogen-bond acceptors (Lipinski definition) is 6. The number of rotatable bonds is 57. The molecule has 72 heavy (non-hydrogen) atoms. The lowest BCUT2D eigenvalue weighted by molar-refractivity contribution is -0.167. The smallest absolute Gasteiger partial charge is 0.306 e. The number of esters is 3. The van der Waals surface area contributed by atoms with Crippen LogP contribution in [-0.2, 0) is 28.6 Å². The number of hydrogen-bond donors (Lipinski definition) is 0. The second-order valence-corrected chi connectivity index (χ2v) is 21.0. The van der Waals surface area contributed by atoms with Gasteiger partial charge < -0.3 is 14.2 Å². The molecule has 6 nitrogen and oxygen atoms in total. The standard InChI is InChI=1S/C66H118O6/c1-4-7-10-13-16-19-21-23-25-26-27-28-29-30-31-32-33-34-35-36-37-38-39-40-41-43-44-47-50-53-56-59-65(68)71-62-63(61-70-64(67)58-55-52-49-46-18-15-12-9-6-3)72-66(69)60-57-54-51-48-45-42-24-22-20-17-14-11-8-5-2/h14,17,21-24,26-27,29-30,63H,4-13,15-16,18-20,25,28,31-62H2,1-3H3/b17-14-,23-21-,24-22-,27-26-,30-29-. The summed E-state index contributed by atoms with van der Waals surface area (Å²) >= 11 is 0. The van der Waals surface area contributed by atoms with Crippen LogP contribution < -0.4 is 0 Å². The molecular formula is C66H118O6. The predicted octanol–water partition coefficient (Wildman–Crippen LogP) is 21.2. The van der Waals surface area contributed by atoms with Gasteiger partial charge in [-0.25, -0.2) is 0 Å². The summed E-state index contributed by atoms with van der Waals surface area (Å²) in [5.74, 6) is -0.881. The molecule has 0 saturated heterocycles. The second-order valence-electron chi connectivity index (χ2n) is 21.0. The number of allylic oxidation sites excluding steroid dienone is 10. The predicted molar refractivity (Wildman–Crippen MR) is 312 cm³/mol. The van der Waals surface area contributed by atoms with E-state index >= 15 is 0 Å². The third-order valence-corrected chi connectivity index (χ3v) is 13.7. The van der Waals surface area contributed by atoms with Crippen LogP contribution in [0.5, 0.6) is 0 Å². The molecule has 0 N–H and O–H groups in total. The van der Waals surface area contributed by atoms with E-state index in [0.717, 1.165) is 96.3 Å². The molecule has 1 atom stereocenters. The number of unbranched alkanes of at least 4 members (excludes halogenated alkanes) is 36. The summed E-state index contributed by atoms with van der Waals surface area (Å²) in [6.07, 6.45) is 76.7. The van der Waals surface area contributed by atoms with E-state index in [0.29, 0.717) is 19.3 Å². The van der Waals surface area contributed by atoms with E-state index < -0.39 is 6.10 Å². The molecule has 0 aliphatic heterocycles. The largest absolute Gasteiger partial charge is 0.462 e. The maximum absolute atomic E-state index is 12.8. The number of carbonyl (C=O) groups is 3. The van der Waals surface area contributed by atoms with Crippen LogP contribution in [0.1, 0.15) is 323 Å². The van der Waals surface area contributed by atoms with Gasteiger partial charge in [0.2, 0.25) is 0 Å². The van der Waals surface area contributed by atoms with Gasteiger partial charge in [-0.1, -0.05) is 281 Å². The Labute approximate surface area is 447 Å². The van der Waals surface area contributed by atoms with Gasteiger partial charge in [0.05, 0.1) is 0 Å². The molecule has 6 heteroatoms. The Morgan fingerprint density at radius 1 is 0.278 bits per heavy atom. The Balaban J connectivity index is 4.08. The molecule has 0 aromatic rings. The molecule has 0 spiro atoms. The van der Waals surface area contributed by atoms with E-state index in [9.17, 15) is 14.4 Å². The van der Waals surface area contributed by atoms with Crippen LogP contribution in [-0.4, -0.2) is 37.2 Å². The van der Waals surface area contributed by atoms with Crippen LogP contribution >= 0.6 is 0 Å². The van der Waals surface area contributed by atoms with Crippen molar-refractivity contribution in [2.45, 2.75) is 329 Å². The molecule has 0 saturated carbocycles. The molecule has 0 amide bonds. The first-order valence-electron chi connectivity index (χ1n) is 31.3. The van der Waals surface area contributed by atoms with Gasteiger partial charge in [0.15, 0.2) is 6.10 Å². The normalized spacial score (nSPS) is 12.4. The van der Waals surface area contributed by atoms with Crippen molar-refractivity contribution < 1.29 is 28.6 Å². The van der Waals surface area contributed by atoms with Crippen molar-refractivity contribution in [3.05, 3.63) is 60.8 Å². The van der Waals surface area contributed by atoms with Crippen molar-refractivity contribution in [3.8, 4) is 0 Å². The topological polar surface area (TPSA) is 78.9 Å². The van der Waals surface area contributed by atoms with Crippen LogP contribution in [0.15, 0.2) is 60.8 Å². The zero-order chi connectivity index (χ0) is 52.2. The fraction of sp³-hybridized carbons (Fsp3) is 0.803. The highest BCUT2D eigenvalue weighted by molar-refractivity contribution is 5.71. The van der Waals surface area contributed by atoms with Crippen molar-refractivity contribution in [2.24, 2.45) is 0 Å². The number of ether oxygens (including phenoxy) is 3. The van der Waals surface area contributed by atoms with Gasteiger partial charge >= 0.3 is 17.9 Å². The quantitative estimate of drug-likeness (QED) is 0.0261. The summed E-state index contributed by atoms with van der Waals surface area (Å²) < 4.78 is 16.8. The second kappa shape index (κ2) is 60.7. The lowest BCUT2D eigenvalue weighted by Gasteiger charge is -2.18. The summed E-state index contributed by atoms with van der Waals surface area (Å²) in [4.78, 5) is 38.1. The summed E-state index contributed by atoms with van der Waals surface area (Å²) in [6, 6.07) is 0. The van der Waals surface area contributed by atoms with Crippen LogP contribution in [0.3, 0.4) is 0 Å². The fourth-order valence-corrected chi connectivity index (χ4v) is 9.00. The molecule has 0 heterocycles. The van der Waals surface area contributed by atoms with Crippen LogP contribution in [0, 0.1) is 0 Å². The highest BCUT2D eigenvalue weighted by Gasteiger charge is 2.19. The molecule has 0 radical (unpaired) electrons. The van der Waals surface area contributed by atoms with Crippen LogP contribution in [0.4, 0.5) is 0 Å². The minimum atomic E-state index is -0.777. The van der Waals surface area contributed by atoms with E-state index in [1.165, 1.54) is 186 Å². The van der Waals surface area contributed by atoms with Gasteiger partial charge in [0.1, 0.15) is 13.2 Å². The average molecular weight is 1010 g/mol. The first kappa shape index (κ1) is 69.1. The van der Waals surface area contributed by atoms with Gasteiger partial charge in [-0.3, -0.25) is 14.4 Å². The first-order valence-corrected chi connectivity index (χ1v) is 31.3. The minimum Gasteiger partial charge on any atom is -0.462 e. The number of carbonyl (C=O) groups excluding carboxylic acids is 3. The van der Waals surface area contributed by atoms with Gasteiger partial charge in [0.25, 0.3) is 0 Å². The van der Waals surface area contributed by atoms with E-state index in [1.54, 1.807) is 0 Å². The molecular weight excluding hydrogens is 889 g/mol. The monoisotopic (exact) mass is 1010 g/mol. The molecule has 418 valence electrons. The maximum atomic E-state index is 12.8. The Morgan fingerprint density at radius 3 is 0.819 bits per heavy atom. The average Bonchev–Trinajstić information content (AvgIpc) is 3.38. The van der Waals surface area contributed by atoms with Crippen molar-refractivity contribution in [3.63, 3.8) is 0 Å². The Morgan fingerprint density at radius 2 is 0.514 bits per heavy atom. The molecule has 0 fully saturated rings. The van der Waals surface area contributed by atoms with Crippen molar-refractivity contribution >= 4 is 17.9 Å². The van der Waals surface area contributed by atoms with E-state index in [4.69, 9.17) is 14.2 Å². The Bertz CT molecular complexity index is 1290. The van der Waals surface area contributed by atoms with Crippen molar-refractivity contribution in [1.82, 2.24) is 0 Å². The summed E-state index contributed by atoms with van der Waals surface area (Å²) in [5, 5.41) is 0. The molecule has 0 aliphatic rings. The SMILES string of the molecule is CCCC/C=C\C/C=C\CCCCCCCC(=O)OC(COC(=O)CCCCCCCCCCC)COC(=O)CCCCCCCCCCCCCCCCCC/C=C\C/C=C\C/C=C\CCCCCCC. The first-order chi connectivity index (χ1) is 35.5. The summed E-state index contributed by atoms with van der Waals surface area (Å²) in [7, 11) is 0. The van der Waals surface area contributed by atoms with Gasteiger partial charge in [0, 0.05) is 19.3 Å². The minimum absolute atomic E-state index is 0.0765. The third kappa shape index (κ3) is 58.0. The molecule has 0 rings (SSSR count). The zero-order valence-electron chi connectivity index (χ0n) is 47.9. The van der Waals surface area contributed by atoms with E-state index in [2.05, 4.69) is 81.5 Å². The fourth-order valence-electron chi connectivity index (χ4n) is 9.00. The summed E-state index contributed by atoms with van der Waals surface area (Å²) in [6.45, 7) is 6.58. The van der Waals surface area contributed by atoms with E-state index in [1.807, 2.05) is 0 Å². The Kier molecular flexibility index (Phi) is 58.2. The van der Waals surface area contributed by atoms with Crippen LogP contribution in [0.25, 0.3) is 0 Å². The highest BCUT2D eigenvalue weighted by Crippen LogP contribution is 2.17. The summed E-state index contributed by atoms with van der Waals surface area (Å²) in [5.41, 5.74) is 0. The van der Waals surface area contributed by atoms with Crippen molar-refractivity contribution in [1.29, 1.82) is 0 Å².